The minimum Gasteiger partial charge on any atom is -0.326 e. The third-order valence-electron chi connectivity index (χ3n) is 4.14. The van der Waals surface area contributed by atoms with Gasteiger partial charge in [0.25, 0.3) is 0 Å². The summed E-state index contributed by atoms with van der Waals surface area (Å²) >= 11 is 5.99. The van der Waals surface area contributed by atoms with Gasteiger partial charge in [-0.1, -0.05) is 13.3 Å². The summed E-state index contributed by atoms with van der Waals surface area (Å²) in [5, 5.41) is 0. The second kappa shape index (κ2) is 4.78. The average Bonchev–Trinajstić information content (AvgIpc) is 3.07. The first-order valence-electron chi connectivity index (χ1n) is 6.88. The Morgan fingerprint density at radius 3 is 2.84 bits per heavy atom. The van der Waals surface area contributed by atoms with Gasteiger partial charge in [0.1, 0.15) is 11.6 Å². The van der Waals surface area contributed by atoms with Crippen molar-refractivity contribution in [3.63, 3.8) is 0 Å². The molecular weight excluding hydrogens is 263 g/mol. The molecule has 1 heterocycles. The van der Waals surface area contributed by atoms with Crippen molar-refractivity contribution in [2.75, 3.05) is 0 Å². The SMILES string of the molecule is CCCC1(Cn2c(CCl)nc3ccc(F)cc32)CC1. The van der Waals surface area contributed by atoms with Crippen LogP contribution in [0.1, 0.15) is 38.4 Å². The molecule has 0 saturated heterocycles. The topological polar surface area (TPSA) is 17.8 Å². The predicted molar refractivity (Wildman–Crippen MR) is 75.8 cm³/mol. The molecule has 2 nitrogen and oxygen atoms in total. The fourth-order valence-corrected chi connectivity index (χ4v) is 3.16. The van der Waals surface area contributed by atoms with Crippen LogP contribution in [-0.4, -0.2) is 9.55 Å². The molecule has 0 spiro atoms. The van der Waals surface area contributed by atoms with E-state index in [1.165, 1.54) is 31.7 Å². The normalized spacial score (nSPS) is 17.0. The van der Waals surface area contributed by atoms with Gasteiger partial charge in [0.05, 0.1) is 16.9 Å². The second-order valence-electron chi connectivity index (χ2n) is 5.63. The van der Waals surface area contributed by atoms with Gasteiger partial charge in [-0.05, 0) is 42.9 Å². The maximum Gasteiger partial charge on any atom is 0.125 e. The molecule has 1 saturated carbocycles. The van der Waals surface area contributed by atoms with Gasteiger partial charge in [-0.3, -0.25) is 0 Å². The van der Waals surface area contributed by atoms with Crippen LogP contribution in [0.5, 0.6) is 0 Å². The van der Waals surface area contributed by atoms with Gasteiger partial charge in [-0.15, -0.1) is 11.6 Å². The molecule has 1 aliphatic carbocycles. The lowest BCUT2D eigenvalue weighted by molar-refractivity contribution is 0.389. The fraction of sp³-hybridized carbons (Fsp3) is 0.533. The van der Waals surface area contributed by atoms with E-state index in [1.807, 2.05) is 0 Å². The molecule has 3 rings (SSSR count). The van der Waals surface area contributed by atoms with Crippen molar-refractivity contribution >= 4 is 22.6 Å². The zero-order valence-electron chi connectivity index (χ0n) is 11.1. The molecule has 1 aromatic carbocycles. The largest absolute Gasteiger partial charge is 0.326 e. The molecule has 0 N–H and O–H groups in total. The maximum atomic E-state index is 13.5. The third-order valence-corrected chi connectivity index (χ3v) is 4.38. The number of imidazole rings is 1. The Morgan fingerprint density at radius 1 is 1.42 bits per heavy atom. The molecule has 0 atom stereocenters. The summed E-state index contributed by atoms with van der Waals surface area (Å²) < 4.78 is 15.6. The van der Waals surface area contributed by atoms with Crippen LogP contribution in [0.2, 0.25) is 0 Å². The van der Waals surface area contributed by atoms with Crippen LogP contribution in [0.25, 0.3) is 11.0 Å². The first-order chi connectivity index (χ1) is 9.17. The summed E-state index contributed by atoms with van der Waals surface area (Å²) in [7, 11) is 0. The predicted octanol–water partition coefficient (Wildman–Crippen LogP) is 4.49. The first kappa shape index (κ1) is 12.9. The lowest BCUT2D eigenvalue weighted by Crippen LogP contribution is -2.13. The molecule has 2 aromatic rings. The van der Waals surface area contributed by atoms with Crippen molar-refractivity contribution in [3.05, 3.63) is 29.8 Å². The number of hydrogen-bond donors (Lipinski definition) is 0. The van der Waals surface area contributed by atoms with E-state index in [1.54, 1.807) is 12.1 Å². The Hall–Kier alpha value is -1.09. The van der Waals surface area contributed by atoms with Gasteiger partial charge in [-0.2, -0.15) is 0 Å². The van der Waals surface area contributed by atoms with E-state index in [-0.39, 0.29) is 5.82 Å². The number of hydrogen-bond acceptors (Lipinski definition) is 1. The zero-order valence-corrected chi connectivity index (χ0v) is 11.9. The van der Waals surface area contributed by atoms with Crippen molar-refractivity contribution < 1.29 is 4.39 Å². The van der Waals surface area contributed by atoms with Crippen molar-refractivity contribution in [3.8, 4) is 0 Å². The Bertz CT molecular complexity index is 601. The summed E-state index contributed by atoms with van der Waals surface area (Å²) in [6.45, 7) is 3.14. The minimum atomic E-state index is -0.213. The van der Waals surface area contributed by atoms with Crippen LogP contribution in [0.3, 0.4) is 0 Å². The highest BCUT2D eigenvalue weighted by molar-refractivity contribution is 6.16. The molecule has 0 aliphatic heterocycles. The number of halogens is 2. The van der Waals surface area contributed by atoms with E-state index >= 15 is 0 Å². The summed E-state index contributed by atoms with van der Waals surface area (Å²) in [6.07, 6.45) is 4.94. The highest BCUT2D eigenvalue weighted by Gasteiger charge is 2.42. The summed E-state index contributed by atoms with van der Waals surface area (Å²) in [6, 6.07) is 4.76. The minimum absolute atomic E-state index is 0.213. The van der Waals surface area contributed by atoms with Gasteiger partial charge in [-0.25, -0.2) is 9.37 Å². The molecule has 0 bridgehead atoms. The molecule has 1 fully saturated rings. The second-order valence-corrected chi connectivity index (χ2v) is 5.90. The number of fused-ring (bicyclic) bond motifs is 1. The quantitative estimate of drug-likeness (QED) is 0.738. The van der Waals surface area contributed by atoms with E-state index in [9.17, 15) is 4.39 Å². The Morgan fingerprint density at radius 2 is 2.21 bits per heavy atom. The van der Waals surface area contributed by atoms with E-state index in [2.05, 4.69) is 16.5 Å². The van der Waals surface area contributed by atoms with Crippen molar-refractivity contribution in [2.45, 2.75) is 45.0 Å². The number of benzene rings is 1. The van der Waals surface area contributed by atoms with Gasteiger partial charge in [0, 0.05) is 6.54 Å². The molecule has 4 heteroatoms. The Kier molecular flexibility index (Phi) is 3.25. The zero-order chi connectivity index (χ0) is 13.5. The van der Waals surface area contributed by atoms with Crippen LogP contribution >= 0.6 is 11.6 Å². The van der Waals surface area contributed by atoms with E-state index in [0.29, 0.717) is 11.3 Å². The number of aromatic nitrogens is 2. The van der Waals surface area contributed by atoms with Gasteiger partial charge in [0.15, 0.2) is 0 Å². The maximum absolute atomic E-state index is 13.5. The van der Waals surface area contributed by atoms with Gasteiger partial charge in [0.2, 0.25) is 0 Å². The van der Waals surface area contributed by atoms with E-state index < -0.39 is 0 Å². The fourth-order valence-electron chi connectivity index (χ4n) is 2.95. The van der Waals surface area contributed by atoms with Crippen molar-refractivity contribution in [2.24, 2.45) is 5.41 Å². The number of rotatable bonds is 5. The standard InChI is InChI=1S/C15H18ClFN2/c1-2-5-15(6-7-15)10-19-13-8-11(17)3-4-12(13)18-14(19)9-16/h3-4,8H,2,5-7,9-10H2,1H3. The number of alkyl halides is 1. The molecule has 0 radical (unpaired) electrons. The third kappa shape index (κ3) is 2.36. The Labute approximate surface area is 117 Å². The van der Waals surface area contributed by atoms with E-state index in [0.717, 1.165) is 23.4 Å². The van der Waals surface area contributed by atoms with Gasteiger partial charge >= 0.3 is 0 Å². The molecule has 0 unspecified atom stereocenters. The van der Waals surface area contributed by atoms with Crippen molar-refractivity contribution in [1.82, 2.24) is 9.55 Å². The highest BCUT2D eigenvalue weighted by Crippen LogP contribution is 2.51. The van der Waals surface area contributed by atoms with Crippen LogP contribution in [0, 0.1) is 11.2 Å². The van der Waals surface area contributed by atoms with Crippen LogP contribution in [0.4, 0.5) is 4.39 Å². The summed E-state index contributed by atoms with van der Waals surface area (Å²) in [5.41, 5.74) is 2.11. The molecule has 102 valence electrons. The summed E-state index contributed by atoms with van der Waals surface area (Å²) in [4.78, 5) is 4.51. The molecule has 19 heavy (non-hydrogen) atoms. The molecular formula is C15H18ClFN2. The summed E-state index contributed by atoms with van der Waals surface area (Å²) in [5.74, 6) is 1.01. The van der Waals surface area contributed by atoms with Gasteiger partial charge < -0.3 is 4.57 Å². The lowest BCUT2D eigenvalue weighted by Gasteiger charge is -2.17. The number of nitrogens with zero attached hydrogens (tertiary/aromatic N) is 2. The first-order valence-corrected chi connectivity index (χ1v) is 7.41. The Balaban J connectivity index is 2.03. The van der Waals surface area contributed by atoms with Crippen LogP contribution < -0.4 is 0 Å². The molecule has 1 aromatic heterocycles. The van der Waals surface area contributed by atoms with Crippen molar-refractivity contribution in [1.29, 1.82) is 0 Å². The lowest BCUT2D eigenvalue weighted by atomic mass is 10.0. The highest BCUT2D eigenvalue weighted by atomic mass is 35.5. The smallest absolute Gasteiger partial charge is 0.125 e. The monoisotopic (exact) mass is 280 g/mol. The van der Waals surface area contributed by atoms with Crippen LogP contribution in [-0.2, 0) is 12.4 Å². The molecule has 0 amide bonds. The van der Waals surface area contributed by atoms with Crippen LogP contribution in [0.15, 0.2) is 18.2 Å². The van der Waals surface area contributed by atoms with E-state index in [4.69, 9.17) is 11.6 Å². The molecule has 1 aliphatic rings. The average molecular weight is 281 g/mol.